The van der Waals surface area contributed by atoms with Crippen LogP contribution in [0, 0.1) is 5.82 Å². The number of carbonyl (C=O) groups is 1. The molecule has 41 heavy (non-hydrogen) atoms. The maximum absolute atomic E-state index is 16.0. The van der Waals surface area contributed by atoms with Gasteiger partial charge in [0, 0.05) is 38.4 Å². The zero-order valence-electron chi connectivity index (χ0n) is 23.2. The second-order valence-electron chi connectivity index (χ2n) is 10.2. The van der Waals surface area contributed by atoms with Crippen LogP contribution in [0.4, 0.5) is 14.6 Å². The molecule has 0 saturated carbocycles. The molecule has 1 fully saturated rings. The van der Waals surface area contributed by atoms with Crippen molar-refractivity contribution in [2.75, 3.05) is 31.1 Å². The SMILES string of the molecule is C=C/C=C\C(F)=C1/C(=O)NCCCc2ccnc(CCC)c2-n2c(=O)nc(N3CCNC[C@@H]3C)c3cc(F)c1nc32. The summed E-state index contributed by atoms with van der Waals surface area (Å²) in [6, 6.07) is 3.00. The summed E-state index contributed by atoms with van der Waals surface area (Å²) in [7, 11) is 0. The van der Waals surface area contributed by atoms with Crippen LogP contribution < -0.4 is 21.2 Å². The van der Waals surface area contributed by atoms with E-state index in [2.05, 4.69) is 32.2 Å². The van der Waals surface area contributed by atoms with Gasteiger partial charge in [-0.3, -0.25) is 9.78 Å². The smallest absolute Gasteiger partial charge is 0.352 e. The lowest BCUT2D eigenvalue weighted by molar-refractivity contribution is -0.115. The highest BCUT2D eigenvalue weighted by molar-refractivity contribution is 6.20. The minimum atomic E-state index is -0.974. The summed E-state index contributed by atoms with van der Waals surface area (Å²) in [5.74, 6) is -2.39. The third kappa shape index (κ3) is 5.41. The van der Waals surface area contributed by atoms with Gasteiger partial charge < -0.3 is 15.5 Å². The molecular formula is C30H33F2N7O2. The van der Waals surface area contributed by atoms with Crippen LogP contribution in [0.3, 0.4) is 0 Å². The van der Waals surface area contributed by atoms with E-state index in [1.807, 2.05) is 24.8 Å². The van der Waals surface area contributed by atoms with Crippen molar-refractivity contribution in [2.24, 2.45) is 0 Å². The van der Waals surface area contributed by atoms with Crippen molar-refractivity contribution in [3.8, 4) is 5.69 Å². The predicted octanol–water partition coefficient (Wildman–Crippen LogP) is 3.55. The number of pyridine rings is 2. The first kappa shape index (κ1) is 28.3. The van der Waals surface area contributed by atoms with E-state index in [0.717, 1.165) is 18.1 Å². The summed E-state index contributed by atoms with van der Waals surface area (Å²) in [4.78, 5) is 42.8. The van der Waals surface area contributed by atoms with Gasteiger partial charge in [-0.15, -0.1) is 0 Å². The van der Waals surface area contributed by atoms with Crippen molar-refractivity contribution in [2.45, 2.75) is 45.6 Å². The second kappa shape index (κ2) is 12.1. The zero-order chi connectivity index (χ0) is 29.1. The van der Waals surface area contributed by atoms with Crippen LogP contribution in [-0.2, 0) is 17.6 Å². The Labute approximate surface area is 236 Å². The highest BCUT2D eigenvalue weighted by Gasteiger charge is 2.29. The van der Waals surface area contributed by atoms with Gasteiger partial charge in [0.05, 0.1) is 16.8 Å². The van der Waals surface area contributed by atoms with Gasteiger partial charge >= 0.3 is 5.69 Å². The van der Waals surface area contributed by atoms with Crippen molar-refractivity contribution in [1.29, 1.82) is 0 Å². The minimum absolute atomic E-state index is 0.0321. The molecule has 2 N–H and O–H groups in total. The quantitative estimate of drug-likeness (QED) is 0.363. The highest BCUT2D eigenvalue weighted by Crippen LogP contribution is 2.32. The topological polar surface area (TPSA) is 105 Å². The molecule has 5 rings (SSSR count). The fourth-order valence-corrected chi connectivity index (χ4v) is 5.43. The van der Waals surface area contributed by atoms with Crippen molar-refractivity contribution >= 4 is 28.3 Å². The van der Waals surface area contributed by atoms with Gasteiger partial charge in [-0.1, -0.05) is 32.1 Å². The number of nitrogens with zero attached hydrogens (tertiary/aromatic N) is 5. The number of fused-ring (bicyclic) bond motifs is 3. The van der Waals surface area contributed by atoms with Gasteiger partial charge in [0.15, 0.2) is 11.5 Å². The number of halogens is 2. The van der Waals surface area contributed by atoms with Gasteiger partial charge in [-0.25, -0.2) is 23.1 Å². The first-order chi connectivity index (χ1) is 19.8. The van der Waals surface area contributed by atoms with Crippen LogP contribution in [0.1, 0.15) is 43.6 Å². The summed E-state index contributed by atoms with van der Waals surface area (Å²) in [5.41, 5.74) is 0.484. The van der Waals surface area contributed by atoms with Crippen molar-refractivity contribution in [1.82, 2.24) is 30.2 Å². The number of hydrogen-bond acceptors (Lipinski definition) is 7. The maximum atomic E-state index is 16.0. The van der Waals surface area contributed by atoms with E-state index in [1.54, 1.807) is 6.20 Å². The molecule has 2 aliphatic heterocycles. The first-order valence-corrected chi connectivity index (χ1v) is 13.9. The van der Waals surface area contributed by atoms with Gasteiger partial charge in [0.25, 0.3) is 5.91 Å². The van der Waals surface area contributed by atoms with Crippen LogP contribution >= 0.6 is 0 Å². The Hall–Kier alpha value is -4.25. The van der Waals surface area contributed by atoms with Crippen LogP contribution in [0.15, 0.2) is 53.8 Å². The third-order valence-corrected chi connectivity index (χ3v) is 7.36. The Morgan fingerprint density at radius 3 is 2.85 bits per heavy atom. The Kier molecular flexibility index (Phi) is 8.34. The number of hydrogen-bond donors (Lipinski definition) is 2. The summed E-state index contributed by atoms with van der Waals surface area (Å²) < 4.78 is 32.8. The zero-order valence-corrected chi connectivity index (χ0v) is 23.2. The molecule has 11 heteroatoms. The standard InChI is InChI=1S/C30H33F2N7O2/c1-4-6-10-21(31)24-25-22(32)16-20-27(38-15-14-33-17-18(38)3)37-30(41)39(28(20)36-25)26-19(9-7-12-35-29(24)40)11-13-34-23(26)8-5-2/h4,6,10-11,13,16,18,33H,1,5,7-9,12,14-15,17H2,2-3H3,(H,35,40)/b10-6-,24-21+/t18-/m0/s1. The molecule has 0 radical (unpaired) electrons. The number of aromatic nitrogens is 4. The molecule has 2 aliphatic rings. The minimum Gasteiger partial charge on any atom is -0.352 e. The number of carbonyl (C=O) groups excluding carboxylic acids is 1. The lowest BCUT2D eigenvalue weighted by Gasteiger charge is -2.35. The van der Waals surface area contributed by atoms with Gasteiger partial charge in [-0.05, 0) is 50.0 Å². The summed E-state index contributed by atoms with van der Waals surface area (Å²) in [6.45, 7) is 9.60. The number of nitrogens with one attached hydrogen (secondary N) is 2. The summed E-state index contributed by atoms with van der Waals surface area (Å²) >= 11 is 0. The molecule has 0 spiro atoms. The van der Waals surface area contributed by atoms with Gasteiger partial charge in [-0.2, -0.15) is 4.98 Å². The Morgan fingerprint density at radius 2 is 2.10 bits per heavy atom. The van der Waals surface area contributed by atoms with Crippen molar-refractivity contribution < 1.29 is 13.6 Å². The molecular weight excluding hydrogens is 528 g/mol. The molecule has 1 amide bonds. The summed E-state index contributed by atoms with van der Waals surface area (Å²) in [6.07, 6.45) is 7.76. The first-order valence-electron chi connectivity index (χ1n) is 13.9. The number of anilines is 1. The lowest BCUT2D eigenvalue weighted by Crippen LogP contribution is -2.50. The second-order valence-corrected chi connectivity index (χ2v) is 10.2. The molecule has 9 nitrogen and oxygen atoms in total. The van der Waals surface area contributed by atoms with Gasteiger partial charge in [0.1, 0.15) is 22.9 Å². The molecule has 1 atom stereocenters. The van der Waals surface area contributed by atoms with E-state index in [4.69, 9.17) is 0 Å². The molecule has 3 aromatic heterocycles. The van der Waals surface area contributed by atoms with Gasteiger partial charge in [0.2, 0.25) is 0 Å². The molecule has 214 valence electrons. The molecule has 2 bridgehead atoms. The fourth-order valence-electron chi connectivity index (χ4n) is 5.43. The molecule has 0 aromatic carbocycles. The van der Waals surface area contributed by atoms with E-state index in [0.29, 0.717) is 56.1 Å². The number of aryl methyl sites for hydroxylation is 2. The predicted molar refractivity (Wildman–Crippen MR) is 155 cm³/mol. The number of piperazine rings is 1. The maximum Gasteiger partial charge on any atom is 0.355 e. The Bertz CT molecular complexity index is 1630. The monoisotopic (exact) mass is 561 g/mol. The molecule has 1 saturated heterocycles. The largest absolute Gasteiger partial charge is 0.355 e. The van der Waals surface area contributed by atoms with Crippen LogP contribution in [0.2, 0.25) is 0 Å². The summed E-state index contributed by atoms with van der Waals surface area (Å²) in [5, 5.41) is 6.30. The molecule has 5 heterocycles. The Morgan fingerprint density at radius 1 is 1.27 bits per heavy atom. The number of allylic oxidation sites excluding steroid dienone is 4. The van der Waals surface area contributed by atoms with E-state index >= 15 is 8.78 Å². The number of rotatable bonds is 5. The van der Waals surface area contributed by atoms with E-state index in [-0.39, 0.29) is 23.6 Å². The lowest BCUT2D eigenvalue weighted by atomic mass is 10.0. The van der Waals surface area contributed by atoms with Crippen molar-refractivity contribution in [3.05, 3.63) is 82.2 Å². The Balaban J connectivity index is 1.93. The normalized spacial score (nSPS) is 19.1. The van der Waals surface area contributed by atoms with Crippen LogP contribution in [0.5, 0.6) is 0 Å². The molecule has 0 aliphatic carbocycles. The molecule has 3 aromatic rings. The average Bonchev–Trinajstić information content (AvgIpc) is 2.95. The van der Waals surface area contributed by atoms with E-state index < -0.39 is 34.5 Å². The average molecular weight is 562 g/mol. The third-order valence-electron chi connectivity index (χ3n) is 7.36. The van der Waals surface area contributed by atoms with Crippen molar-refractivity contribution in [3.63, 3.8) is 0 Å². The van der Waals surface area contributed by atoms with E-state index in [9.17, 15) is 9.59 Å². The van der Waals surface area contributed by atoms with E-state index in [1.165, 1.54) is 22.8 Å². The fraction of sp³-hybridized carbons (Fsp3) is 0.367. The van der Waals surface area contributed by atoms with Crippen LogP contribution in [0.25, 0.3) is 22.3 Å². The number of amides is 1. The molecule has 0 unspecified atom stereocenters. The highest BCUT2D eigenvalue weighted by atomic mass is 19.1. The van der Waals surface area contributed by atoms with Crippen LogP contribution in [-0.4, -0.2) is 57.6 Å².